The van der Waals surface area contributed by atoms with Gasteiger partial charge in [-0.2, -0.15) is 0 Å². The molecular weight excluding hydrogens is 392 g/mol. The number of rotatable bonds is 3. The Morgan fingerprint density at radius 1 is 1.10 bits per heavy atom. The smallest absolute Gasteiger partial charge is 0.251 e. The Morgan fingerprint density at radius 3 is 2.65 bits per heavy atom. The van der Waals surface area contributed by atoms with Gasteiger partial charge >= 0.3 is 0 Å². The second-order valence-electron chi connectivity index (χ2n) is 8.22. The van der Waals surface area contributed by atoms with Crippen LogP contribution in [0.25, 0.3) is 22.3 Å². The van der Waals surface area contributed by atoms with Gasteiger partial charge in [0.1, 0.15) is 17.7 Å². The summed E-state index contributed by atoms with van der Waals surface area (Å²) >= 11 is 0. The molecule has 2 aromatic carbocycles. The van der Waals surface area contributed by atoms with Crippen molar-refractivity contribution in [2.24, 2.45) is 0 Å². The summed E-state index contributed by atoms with van der Waals surface area (Å²) in [6.45, 7) is 5.38. The molecule has 0 aliphatic carbocycles. The van der Waals surface area contributed by atoms with Gasteiger partial charge in [-0.3, -0.25) is 4.79 Å². The summed E-state index contributed by atoms with van der Waals surface area (Å²) in [4.78, 5) is 26.4. The molecule has 2 saturated heterocycles. The fourth-order valence-corrected chi connectivity index (χ4v) is 4.36. The van der Waals surface area contributed by atoms with Crippen molar-refractivity contribution in [3.05, 3.63) is 48.0 Å². The van der Waals surface area contributed by atoms with E-state index in [-0.39, 0.29) is 17.8 Å². The monoisotopic (exact) mass is 418 g/mol. The standard InChI is InChI=1S/C24H26N4O3/c1-16-8-9-17-19(15-16)25-22(18-5-2-3-6-20(18)29)26-23(17)27-10-12-28(13-11-27)24(30)21-7-4-14-31-21/h2-3,5-6,8-9,15,21,29H,4,7,10-14H2,1H3. The van der Waals surface area contributed by atoms with Gasteiger partial charge in [-0.1, -0.05) is 18.2 Å². The number of nitrogens with zero attached hydrogens (tertiary/aromatic N) is 4. The highest BCUT2D eigenvalue weighted by Crippen LogP contribution is 2.32. The van der Waals surface area contributed by atoms with E-state index in [0.29, 0.717) is 44.2 Å². The van der Waals surface area contributed by atoms with E-state index in [2.05, 4.69) is 17.0 Å². The van der Waals surface area contributed by atoms with Gasteiger partial charge in [0.15, 0.2) is 5.82 Å². The molecule has 0 saturated carbocycles. The topological polar surface area (TPSA) is 78.8 Å². The Labute approximate surface area is 181 Å². The predicted octanol–water partition coefficient (Wildman–Crippen LogP) is 3.14. The van der Waals surface area contributed by atoms with Crippen LogP contribution in [0.3, 0.4) is 0 Å². The molecule has 1 N–H and O–H groups in total. The number of hydrogen-bond acceptors (Lipinski definition) is 6. The number of amides is 1. The lowest BCUT2D eigenvalue weighted by atomic mass is 10.1. The summed E-state index contributed by atoms with van der Waals surface area (Å²) in [5.41, 5.74) is 2.58. The highest BCUT2D eigenvalue weighted by molar-refractivity contribution is 5.92. The Hall–Kier alpha value is -3.19. The summed E-state index contributed by atoms with van der Waals surface area (Å²) in [5, 5.41) is 11.3. The number of hydrogen-bond donors (Lipinski definition) is 1. The van der Waals surface area contributed by atoms with Crippen molar-refractivity contribution in [3.8, 4) is 17.1 Å². The van der Waals surface area contributed by atoms with E-state index in [0.717, 1.165) is 35.1 Å². The number of anilines is 1. The average molecular weight is 418 g/mol. The number of carbonyl (C=O) groups excluding carboxylic acids is 1. The molecule has 5 rings (SSSR count). The zero-order chi connectivity index (χ0) is 21.4. The minimum Gasteiger partial charge on any atom is -0.507 e. The molecule has 1 atom stereocenters. The Morgan fingerprint density at radius 2 is 1.90 bits per heavy atom. The van der Waals surface area contributed by atoms with Gasteiger partial charge in [-0.15, -0.1) is 0 Å². The molecule has 7 heteroatoms. The van der Waals surface area contributed by atoms with E-state index < -0.39 is 0 Å². The van der Waals surface area contributed by atoms with E-state index in [1.54, 1.807) is 12.1 Å². The van der Waals surface area contributed by atoms with Crippen LogP contribution >= 0.6 is 0 Å². The van der Waals surface area contributed by atoms with Gasteiger partial charge in [0.2, 0.25) is 0 Å². The lowest BCUT2D eigenvalue weighted by molar-refractivity contribution is -0.141. The van der Waals surface area contributed by atoms with Gasteiger partial charge in [-0.05, 0) is 49.6 Å². The van der Waals surface area contributed by atoms with E-state index in [4.69, 9.17) is 14.7 Å². The number of phenolic OH excluding ortho intramolecular Hbond substituents is 1. The number of fused-ring (bicyclic) bond motifs is 1. The fraction of sp³-hybridized carbons (Fsp3) is 0.375. The summed E-state index contributed by atoms with van der Waals surface area (Å²) in [5.74, 6) is 1.61. The first-order chi connectivity index (χ1) is 15.1. The summed E-state index contributed by atoms with van der Waals surface area (Å²) in [6.07, 6.45) is 1.50. The predicted molar refractivity (Wildman–Crippen MR) is 119 cm³/mol. The average Bonchev–Trinajstić information content (AvgIpc) is 3.33. The first-order valence-corrected chi connectivity index (χ1v) is 10.8. The third-order valence-electron chi connectivity index (χ3n) is 6.07. The number of ether oxygens (including phenoxy) is 1. The minimum atomic E-state index is -0.276. The normalized spacial score (nSPS) is 19.2. The largest absolute Gasteiger partial charge is 0.507 e. The van der Waals surface area contributed by atoms with Crippen molar-refractivity contribution in [3.63, 3.8) is 0 Å². The number of benzene rings is 2. The fourth-order valence-electron chi connectivity index (χ4n) is 4.36. The zero-order valence-electron chi connectivity index (χ0n) is 17.6. The molecule has 31 heavy (non-hydrogen) atoms. The molecule has 2 aliphatic heterocycles. The highest BCUT2D eigenvalue weighted by atomic mass is 16.5. The quantitative estimate of drug-likeness (QED) is 0.704. The van der Waals surface area contributed by atoms with Crippen LogP contribution in [0.5, 0.6) is 5.75 Å². The molecular formula is C24H26N4O3. The van der Waals surface area contributed by atoms with Crippen LogP contribution in [0.4, 0.5) is 5.82 Å². The molecule has 3 heterocycles. The van der Waals surface area contributed by atoms with Gasteiger partial charge in [-0.25, -0.2) is 9.97 Å². The van der Waals surface area contributed by atoms with Crippen molar-refractivity contribution >= 4 is 22.6 Å². The number of carbonyl (C=O) groups is 1. The molecule has 3 aromatic rings. The third-order valence-corrected chi connectivity index (χ3v) is 6.07. The molecule has 160 valence electrons. The van der Waals surface area contributed by atoms with Crippen LogP contribution in [0.2, 0.25) is 0 Å². The van der Waals surface area contributed by atoms with Crippen LogP contribution < -0.4 is 4.90 Å². The second kappa shape index (κ2) is 8.15. The number of aryl methyl sites for hydroxylation is 1. The van der Waals surface area contributed by atoms with Crippen molar-refractivity contribution in [2.75, 3.05) is 37.7 Å². The van der Waals surface area contributed by atoms with E-state index in [1.807, 2.05) is 30.0 Å². The minimum absolute atomic E-state index is 0.107. The van der Waals surface area contributed by atoms with Gasteiger partial charge in [0, 0.05) is 38.2 Å². The lowest BCUT2D eigenvalue weighted by Crippen LogP contribution is -2.51. The van der Waals surface area contributed by atoms with Crippen LogP contribution in [0.1, 0.15) is 18.4 Å². The molecule has 0 spiro atoms. The molecule has 1 unspecified atom stereocenters. The van der Waals surface area contributed by atoms with Gasteiger partial charge in [0.25, 0.3) is 5.91 Å². The molecule has 2 fully saturated rings. The Kier molecular flexibility index (Phi) is 5.19. The van der Waals surface area contributed by atoms with Crippen molar-refractivity contribution in [1.29, 1.82) is 0 Å². The van der Waals surface area contributed by atoms with Crippen LogP contribution in [-0.4, -0.2) is 64.8 Å². The number of piperazine rings is 1. The summed E-state index contributed by atoms with van der Waals surface area (Å²) in [7, 11) is 0. The SMILES string of the molecule is Cc1ccc2c(N3CCN(C(=O)C4CCCO4)CC3)nc(-c3ccccc3O)nc2c1. The van der Waals surface area contributed by atoms with Crippen molar-refractivity contribution in [1.82, 2.24) is 14.9 Å². The third kappa shape index (κ3) is 3.81. The molecule has 1 amide bonds. The molecule has 7 nitrogen and oxygen atoms in total. The number of phenols is 1. The summed E-state index contributed by atoms with van der Waals surface area (Å²) < 4.78 is 5.58. The Bertz CT molecular complexity index is 1120. The van der Waals surface area contributed by atoms with Gasteiger partial charge in [0.05, 0.1) is 11.1 Å². The van der Waals surface area contributed by atoms with E-state index in [9.17, 15) is 9.90 Å². The first kappa shape index (κ1) is 19.8. The zero-order valence-corrected chi connectivity index (χ0v) is 17.6. The number of aromatic nitrogens is 2. The van der Waals surface area contributed by atoms with Crippen molar-refractivity contribution in [2.45, 2.75) is 25.9 Å². The maximum atomic E-state index is 12.7. The maximum absolute atomic E-state index is 12.7. The van der Waals surface area contributed by atoms with Crippen LogP contribution in [0, 0.1) is 6.92 Å². The number of para-hydroxylation sites is 1. The lowest BCUT2D eigenvalue weighted by Gasteiger charge is -2.36. The first-order valence-electron chi connectivity index (χ1n) is 10.8. The molecule has 0 radical (unpaired) electrons. The van der Waals surface area contributed by atoms with Crippen molar-refractivity contribution < 1.29 is 14.6 Å². The molecule has 2 aliphatic rings. The highest BCUT2D eigenvalue weighted by Gasteiger charge is 2.31. The maximum Gasteiger partial charge on any atom is 0.251 e. The molecule has 1 aromatic heterocycles. The number of aromatic hydroxyl groups is 1. The van der Waals surface area contributed by atoms with E-state index >= 15 is 0 Å². The summed E-state index contributed by atoms with van der Waals surface area (Å²) in [6, 6.07) is 13.3. The van der Waals surface area contributed by atoms with Gasteiger partial charge < -0.3 is 19.6 Å². The van der Waals surface area contributed by atoms with Crippen LogP contribution in [0.15, 0.2) is 42.5 Å². The molecule has 0 bridgehead atoms. The second-order valence-corrected chi connectivity index (χ2v) is 8.22. The van der Waals surface area contributed by atoms with E-state index in [1.165, 1.54) is 0 Å². The van der Waals surface area contributed by atoms with Crippen LogP contribution in [-0.2, 0) is 9.53 Å². The Balaban J connectivity index is 1.46.